The predicted molar refractivity (Wildman–Crippen MR) is 97.9 cm³/mol. The first-order valence-electron chi connectivity index (χ1n) is 4.17. The molecule has 0 bridgehead atoms. The average molecular weight is 592 g/mol. The van der Waals surface area contributed by atoms with E-state index in [0.717, 1.165) is 42.7 Å². The molecule has 0 aromatic heterocycles. The third kappa shape index (κ3) is 780. The van der Waals surface area contributed by atoms with E-state index in [0.29, 0.717) is 0 Å². The third-order valence-corrected chi connectivity index (χ3v) is 0. The van der Waals surface area contributed by atoms with Crippen molar-refractivity contribution in [1.82, 2.24) is 0 Å². The molecule has 0 aliphatic rings. The summed E-state index contributed by atoms with van der Waals surface area (Å²) in [6, 6.07) is 0. The molecule has 0 radical (unpaired) electrons. The van der Waals surface area contributed by atoms with Crippen LogP contribution in [0.15, 0.2) is 0 Å². The normalized spacial score (nSPS) is 6.92. The van der Waals surface area contributed by atoms with Gasteiger partial charge in [-0.25, -0.2) is 0 Å². The Morgan fingerprint density at radius 3 is 0.520 bits per heavy atom. The Bertz CT molecular complexity index is 219. The van der Waals surface area contributed by atoms with E-state index in [4.69, 9.17) is 77.8 Å². The summed E-state index contributed by atoms with van der Waals surface area (Å²) in [5.41, 5.74) is 0. The zero-order valence-corrected chi connectivity index (χ0v) is 17.3. The van der Waals surface area contributed by atoms with E-state index in [9.17, 15) is 0 Å². The summed E-state index contributed by atoms with van der Waals surface area (Å²) in [4.78, 5) is 0. The molecule has 0 saturated carbocycles. The molecule has 0 amide bonds. The summed E-state index contributed by atoms with van der Waals surface area (Å²) < 4.78 is 31.6. The molecule has 0 aliphatic heterocycles. The predicted octanol–water partition coefficient (Wildman–Crippen LogP) is -9.65. The van der Waals surface area contributed by atoms with Crippen LogP contribution in [0.5, 0.6) is 0 Å². The van der Waals surface area contributed by atoms with Crippen molar-refractivity contribution in [3.63, 3.8) is 0 Å². The Morgan fingerprint density at radius 1 is 0.520 bits per heavy atom. The zero-order valence-electron chi connectivity index (χ0n) is 11.2. The summed E-state index contributed by atoms with van der Waals surface area (Å²) in [6.07, 6.45) is 0. The first-order valence-corrected chi connectivity index (χ1v) is 15.6. The van der Waals surface area contributed by atoms with Gasteiger partial charge in [-0.3, -0.25) is 9.11 Å². The Kier molecular flexibility index (Phi) is 90.4. The van der Waals surface area contributed by atoms with E-state index in [-0.39, 0.29) is 103 Å². The van der Waals surface area contributed by atoms with Crippen LogP contribution in [0.2, 0.25) is 0 Å². The van der Waals surface area contributed by atoms with Gasteiger partial charge in [0.05, 0.1) is 0 Å². The van der Waals surface area contributed by atoms with Crippen molar-refractivity contribution in [3.8, 4) is 0 Å². The number of hydrogen-bond donors (Lipinski definition) is 14. The second kappa shape index (κ2) is 43.2. The zero-order chi connectivity index (χ0) is 20.8. The summed E-state index contributed by atoms with van der Waals surface area (Å²) in [5.74, 6) is 0. The Morgan fingerprint density at radius 2 is 0.520 bits per heavy atom. The quantitative estimate of drug-likeness (QED) is 0.0706. The fourth-order valence-corrected chi connectivity index (χ4v) is 0. The standard InChI is InChI=1S/4BH3O3.HI.3K.H2O4S.2H/c4*2-1(3)4;;;;;1-5(2,3)4;;/h4*2-4H;1H;;;;(H2,1,2,3,4);;/q;;;;;;;+1;;;/p-1. The van der Waals surface area contributed by atoms with Gasteiger partial charge < -0.3 is 60.3 Å². The van der Waals surface area contributed by atoms with Crippen molar-refractivity contribution in [1.29, 1.82) is 0 Å². The van der Waals surface area contributed by atoms with E-state index < -0.39 is 39.7 Å². The van der Waals surface area contributed by atoms with Crippen LogP contribution in [-0.4, -0.2) is 253 Å². The molecule has 0 fully saturated rings. The molecule has 16 nitrogen and oxygen atoms in total. The first kappa shape index (κ1) is 52.3. The number of halogens is 1. The summed E-state index contributed by atoms with van der Waals surface area (Å²) in [6.45, 7) is 0. The fourth-order valence-electron chi connectivity index (χ4n) is 0. The van der Waals surface area contributed by atoms with Gasteiger partial charge in [0.15, 0.2) is 0 Å². The van der Waals surface area contributed by atoms with Crippen molar-refractivity contribution < 1.29 is 77.8 Å². The van der Waals surface area contributed by atoms with Crippen molar-refractivity contribution in [2.45, 2.75) is 0 Å². The van der Waals surface area contributed by atoms with Crippen LogP contribution < -0.4 is 0 Å². The van der Waals surface area contributed by atoms with Gasteiger partial charge in [0.25, 0.3) is 0 Å². The van der Waals surface area contributed by atoms with E-state index in [1.165, 1.54) is 0 Å². The number of rotatable bonds is 0. The molecule has 0 spiro atoms. The van der Waals surface area contributed by atoms with Crippen LogP contribution >= 0.6 is 11.3 Å². The molecule has 0 unspecified atom stereocenters. The molecule has 140 valence electrons. The minimum absolute atomic E-state index is 0. The van der Waals surface area contributed by atoms with E-state index >= 15 is 0 Å². The Balaban J connectivity index is -0.0000000231. The van der Waals surface area contributed by atoms with Gasteiger partial charge in [0.2, 0.25) is 0 Å². The molecule has 0 saturated heterocycles. The summed E-state index contributed by atoms with van der Waals surface area (Å²) >= 11 is 3.37. The topological polar surface area (TPSA) is 317 Å². The molecule has 0 atom stereocenters. The van der Waals surface area contributed by atoms with E-state index in [1.807, 2.05) is 0 Å². The Labute approximate surface area is 267 Å². The first-order chi connectivity index (χ1) is 9.93. The van der Waals surface area contributed by atoms with Gasteiger partial charge in [-0.15, -0.1) is 0 Å². The molecule has 0 rings (SSSR count). The van der Waals surface area contributed by atoms with Crippen LogP contribution in [0.1, 0.15) is 0 Å². The van der Waals surface area contributed by atoms with Gasteiger partial charge in [-0.1, -0.05) is 0 Å². The van der Waals surface area contributed by atoms with Crippen molar-refractivity contribution in [3.05, 3.63) is 0 Å². The average Bonchev–Trinajstić information content (AvgIpc) is 2.12. The molecule has 0 aliphatic carbocycles. The fraction of sp³-hybridized carbons (Fsp3) is 0. The summed E-state index contributed by atoms with van der Waals surface area (Å²) in [7, 11) is -13.3. The van der Waals surface area contributed by atoms with Gasteiger partial charge in [-0.05, 0) is 0 Å². The molecule has 0 heterocycles. The second-order valence-electron chi connectivity index (χ2n) is 1.83. The van der Waals surface area contributed by atoms with Crippen LogP contribution in [-0.2, 0) is 10.4 Å². The van der Waals surface area contributed by atoms with Crippen LogP contribution in [0.3, 0.4) is 0 Å². The van der Waals surface area contributed by atoms with Crippen LogP contribution in [0.25, 0.3) is 0 Å². The van der Waals surface area contributed by atoms with Crippen LogP contribution in [0, 0.1) is 0 Å². The van der Waals surface area contributed by atoms with E-state index in [1.54, 1.807) is 0 Å². The van der Waals surface area contributed by atoms with Gasteiger partial charge in [0, 0.05) is 0 Å². The SMILES string of the molecule is O=S(=O)(O)O.OB(O)O.OB(O)O.OB(O)O.OB(O)O.[KH].[KH].[K][I]. The molecule has 14 N–H and O–H groups in total. The van der Waals surface area contributed by atoms with Crippen molar-refractivity contribution >= 4 is 196 Å². The van der Waals surface area contributed by atoms with E-state index in [2.05, 4.69) is 11.3 Å². The van der Waals surface area contributed by atoms with Crippen molar-refractivity contribution in [2.75, 3.05) is 0 Å². The molecular weight excluding hydrogens is 575 g/mol. The summed E-state index contributed by atoms with van der Waals surface area (Å²) in [5, 5.41) is 86.0. The minimum atomic E-state index is -4.67. The molecule has 25 heavy (non-hydrogen) atoms. The third-order valence-electron chi connectivity index (χ3n) is 0. The molecule has 25 heteroatoms. The van der Waals surface area contributed by atoms with Gasteiger partial charge in [-0.2, -0.15) is 8.42 Å². The molecule has 0 aromatic rings. The maximum absolute atomic E-state index is 8.74. The maximum atomic E-state index is 8.74. The van der Waals surface area contributed by atoms with Crippen molar-refractivity contribution in [2.24, 2.45) is 0 Å². The van der Waals surface area contributed by atoms with Gasteiger partial charge >= 0.3 is 196 Å². The second-order valence-corrected chi connectivity index (χ2v) is 2.73. The van der Waals surface area contributed by atoms with Crippen LogP contribution in [0.4, 0.5) is 0 Å². The number of hydrogen-bond acceptors (Lipinski definition) is 14. The van der Waals surface area contributed by atoms with Gasteiger partial charge in [0.1, 0.15) is 0 Å². The monoisotopic (exact) mass is 592 g/mol. The Hall–Kier alpha value is 5.29. The molecular formula is H16B4IK3O16S. The molecule has 0 aromatic carbocycles.